The van der Waals surface area contributed by atoms with Crippen molar-refractivity contribution in [1.82, 2.24) is 14.8 Å². The van der Waals surface area contributed by atoms with E-state index in [9.17, 15) is 0 Å². The van der Waals surface area contributed by atoms with Gasteiger partial charge in [0.05, 0.1) is 0 Å². The molecule has 7 heteroatoms. The highest BCUT2D eigenvalue weighted by Gasteiger charge is 2.12. The molecule has 1 aromatic heterocycles. The first-order chi connectivity index (χ1) is 12.2. The Kier molecular flexibility index (Phi) is 6.24. The van der Waals surface area contributed by atoms with E-state index in [4.69, 9.17) is 27.9 Å². The molecule has 0 bridgehead atoms. The largest absolute Gasteiger partial charge is 0.486 e. The lowest BCUT2D eigenvalue weighted by Crippen LogP contribution is -2.07. The van der Waals surface area contributed by atoms with E-state index < -0.39 is 0 Å². The fraction of sp³-hybridized carbons (Fsp3) is 0.222. The zero-order valence-electron chi connectivity index (χ0n) is 13.7. The Bertz CT molecular complexity index is 837. The Morgan fingerprint density at radius 2 is 1.84 bits per heavy atom. The lowest BCUT2D eigenvalue weighted by molar-refractivity contribution is 0.288. The Morgan fingerprint density at radius 1 is 1.04 bits per heavy atom. The molecule has 0 aliphatic rings. The van der Waals surface area contributed by atoms with Crippen LogP contribution in [0.15, 0.2) is 53.7 Å². The minimum atomic E-state index is 0.361. The second-order valence-electron chi connectivity index (χ2n) is 5.30. The van der Waals surface area contributed by atoms with Crippen molar-refractivity contribution in [1.29, 1.82) is 0 Å². The highest BCUT2D eigenvalue weighted by atomic mass is 35.5. The number of hydrogen-bond acceptors (Lipinski definition) is 4. The third kappa shape index (κ3) is 4.91. The summed E-state index contributed by atoms with van der Waals surface area (Å²) >= 11 is 13.5. The average Bonchev–Trinajstić information content (AvgIpc) is 3.01. The van der Waals surface area contributed by atoms with Crippen molar-refractivity contribution < 1.29 is 4.74 Å². The molecule has 0 aliphatic heterocycles. The van der Waals surface area contributed by atoms with Gasteiger partial charge >= 0.3 is 0 Å². The highest BCUT2D eigenvalue weighted by Crippen LogP contribution is 2.24. The third-order valence-electron chi connectivity index (χ3n) is 3.55. The Labute approximate surface area is 161 Å². The van der Waals surface area contributed by atoms with E-state index in [-0.39, 0.29) is 0 Å². The number of rotatable bonds is 7. The van der Waals surface area contributed by atoms with E-state index in [0.29, 0.717) is 11.6 Å². The SMILES string of the molecule is CCn1c(COc2ccc(Cl)cc2)nnc1SCc1cccc(Cl)c1. The number of thioether (sulfide) groups is 1. The van der Waals surface area contributed by atoms with Gasteiger partial charge in [-0.15, -0.1) is 10.2 Å². The predicted molar refractivity (Wildman–Crippen MR) is 102 cm³/mol. The molecule has 0 aliphatic carbocycles. The minimum absolute atomic E-state index is 0.361. The smallest absolute Gasteiger partial charge is 0.191 e. The summed E-state index contributed by atoms with van der Waals surface area (Å²) in [4.78, 5) is 0. The van der Waals surface area contributed by atoms with Crippen molar-refractivity contribution in [2.45, 2.75) is 31.0 Å². The number of halogens is 2. The number of benzene rings is 2. The van der Waals surface area contributed by atoms with E-state index >= 15 is 0 Å². The molecule has 0 unspecified atom stereocenters. The van der Waals surface area contributed by atoms with Crippen molar-refractivity contribution in [3.63, 3.8) is 0 Å². The number of ether oxygens (including phenoxy) is 1. The van der Waals surface area contributed by atoms with E-state index in [1.54, 1.807) is 23.9 Å². The molecule has 1 heterocycles. The second kappa shape index (κ2) is 8.61. The third-order valence-corrected chi connectivity index (χ3v) is 5.07. The fourth-order valence-electron chi connectivity index (χ4n) is 2.30. The molecule has 25 heavy (non-hydrogen) atoms. The van der Waals surface area contributed by atoms with Crippen molar-refractivity contribution >= 4 is 35.0 Å². The summed E-state index contributed by atoms with van der Waals surface area (Å²) in [7, 11) is 0. The molecule has 0 saturated heterocycles. The fourth-order valence-corrected chi connectivity index (χ4v) is 3.61. The Balaban J connectivity index is 1.64. The molecule has 3 aromatic rings. The van der Waals surface area contributed by atoms with Gasteiger partial charge in [0.25, 0.3) is 0 Å². The topological polar surface area (TPSA) is 39.9 Å². The van der Waals surface area contributed by atoms with Gasteiger partial charge in [-0.1, -0.05) is 47.1 Å². The lowest BCUT2D eigenvalue weighted by Gasteiger charge is -2.09. The molecule has 0 fully saturated rings. The maximum Gasteiger partial charge on any atom is 0.191 e. The molecule has 0 spiro atoms. The molecule has 2 aromatic carbocycles. The number of hydrogen-bond donors (Lipinski definition) is 0. The standard InChI is InChI=1S/C18H17Cl2N3OS/c1-2-23-17(11-24-16-8-6-14(19)7-9-16)21-22-18(23)25-12-13-4-3-5-15(20)10-13/h3-10H,2,11-12H2,1H3. The summed E-state index contributed by atoms with van der Waals surface area (Å²) in [5.41, 5.74) is 1.15. The van der Waals surface area contributed by atoms with Gasteiger partial charge in [0.15, 0.2) is 11.0 Å². The summed E-state index contributed by atoms with van der Waals surface area (Å²) in [6.45, 7) is 3.21. The van der Waals surface area contributed by atoms with Crippen LogP contribution in [0.25, 0.3) is 0 Å². The normalized spacial score (nSPS) is 10.8. The van der Waals surface area contributed by atoms with Crippen molar-refractivity contribution in [2.75, 3.05) is 0 Å². The van der Waals surface area contributed by atoms with E-state index in [0.717, 1.165) is 39.6 Å². The van der Waals surface area contributed by atoms with Crippen LogP contribution >= 0.6 is 35.0 Å². The van der Waals surface area contributed by atoms with Gasteiger partial charge < -0.3 is 9.30 Å². The molecule has 130 valence electrons. The highest BCUT2D eigenvalue weighted by molar-refractivity contribution is 7.98. The van der Waals surface area contributed by atoms with Crippen LogP contribution in [0.2, 0.25) is 10.0 Å². The summed E-state index contributed by atoms with van der Waals surface area (Å²) in [5.74, 6) is 2.34. The first kappa shape index (κ1) is 18.1. The van der Waals surface area contributed by atoms with Gasteiger partial charge in [0, 0.05) is 22.3 Å². The average molecular weight is 394 g/mol. The van der Waals surface area contributed by atoms with Crippen LogP contribution < -0.4 is 4.74 Å². The van der Waals surface area contributed by atoms with Crippen LogP contribution in [0.1, 0.15) is 18.3 Å². The van der Waals surface area contributed by atoms with Crippen molar-refractivity contribution in [2.24, 2.45) is 0 Å². The van der Waals surface area contributed by atoms with E-state index in [1.807, 2.05) is 30.3 Å². The number of nitrogens with zero attached hydrogens (tertiary/aromatic N) is 3. The van der Waals surface area contributed by atoms with Gasteiger partial charge in [-0.25, -0.2) is 0 Å². The zero-order chi connectivity index (χ0) is 17.6. The van der Waals surface area contributed by atoms with Gasteiger partial charge in [0.2, 0.25) is 0 Å². The molecular weight excluding hydrogens is 377 g/mol. The molecule has 4 nitrogen and oxygen atoms in total. The second-order valence-corrected chi connectivity index (χ2v) is 7.12. The first-order valence-electron chi connectivity index (χ1n) is 7.83. The van der Waals surface area contributed by atoms with Crippen LogP contribution in [-0.4, -0.2) is 14.8 Å². The quantitative estimate of drug-likeness (QED) is 0.498. The lowest BCUT2D eigenvalue weighted by atomic mass is 10.2. The first-order valence-corrected chi connectivity index (χ1v) is 9.57. The van der Waals surface area contributed by atoms with Crippen LogP contribution in [0.5, 0.6) is 5.75 Å². The van der Waals surface area contributed by atoms with Crippen LogP contribution in [0.4, 0.5) is 0 Å². The number of aromatic nitrogens is 3. The predicted octanol–water partition coefficient (Wildman–Crippen LogP) is 5.48. The summed E-state index contributed by atoms with van der Waals surface area (Å²) in [5, 5.41) is 10.9. The Hall–Kier alpha value is -1.69. The van der Waals surface area contributed by atoms with Crippen LogP contribution in [0, 0.1) is 0 Å². The maximum absolute atomic E-state index is 6.03. The van der Waals surface area contributed by atoms with E-state index in [2.05, 4.69) is 27.8 Å². The van der Waals surface area contributed by atoms with Crippen molar-refractivity contribution in [3.8, 4) is 5.75 Å². The minimum Gasteiger partial charge on any atom is -0.486 e. The molecule has 0 atom stereocenters. The molecule has 3 rings (SSSR count). The molecule has 0 amide bonds. The van der Waals surface area contributed by atoms with E-state index in [1.165, 1.54) is 0 Å². The summed E-state index contributed by atoms with van der Waals surface area (Å²) in [6, 6.07) is 15.1. The molecular formula is C18H17Cl2N3OS. The summed E-state index contributed by atoms with van der Waals surface area (Å²) < 4.78 is 7.83. The Morgan fingerprint density at radius 3 is 2.56 bits per heavy atom. The molecule has 0 radical (unpaired) electrons. The van der Waals surface area contributed by atoms with Gasteiger partial charge in [-0.2, -0.15) is 0 Å². The van der Waals surface area contributed by atoms with Crippen LogP contribution in [-0.2, 0) is 18.9 Å². The summed E-state index contributed by atoms with van der Waals surface area (Å²) in [6.07, 6.45) is 0. The van der Waals surface area contributed by atoms with Crippen molar-refractivity contribution in [3.05, 3.63) is 70.0 Å². The molecule has 0 N–H and O–H groups in total. The van der Waals surface area contributed by atoms with Gasteiger partial charge in [0.1, 0.15) is 12.4 Å². The zero-order valence-corrected chi connectivity index (χ0v) is 16.0. The van der Waals surface area contributed by atoms with Gasteiger partial charge in [-0.3, -0.25) is 0 Å². The van der Waals surface area contributed by atoms with Gasteiger partial charge in [-0.05, 0) is 48.9 Å². The monoisotopic (exact) mass is 393 g/mol. The van der Waals surface area contributed by atoms with Crippen LogP contribution in [0.3, 0.4) is 0 Å². The molecule has 0 saturated carbocycles. The maximum atomic E-state index is 6.03.